The van der Waals surface area contributed by atoms with E-state index in [0.717, 1.165) is 12.0 Å². The molecule has 194 valence electrons. The number of anilines is 1. The number of carboxylic acid groups (broad SMARTS) is 1. The number of para-hydroxylation sites is 1. The number of allylic oxidation sites excluding steroid dienone is 1. The fourth-order valence-corrected chi connectivity index (χ4v) is 4.37. The van der Waals surface area contributed by atoms with Crippen LogP contribution in [-0.2, 0) is 4.79 Å². The van der Waals surface area contributed by atoms with Gasteiger partial charge in [-0.05, 0) is 73.9 Å². The second-order valence-corrected chi connectivity index (χ2v) is 9.32. The Morgan fingerprint density at radius 3 is 2.47 bits per heavy atom. The Labute approximate surface area is 215 Å². The van der Waals surface area contributed by atoms with Crippen LogP contribution < -0.4 is 14.8 Å². The molecule has 0 bridgehead atoms. The summed E-state index contributed by atoms with van der Waals surface area (Å²) in [6.45, 7) is 8.29. The Morgan fingerprint density at radius 1 is 1.11 bits per heavy atom. The summed E-state index contributed by atoms with van der Waals surface area (Å²) in [7, 11) is 1.59. The maximum atomic E-state index is 12.3. The fraction of sp³-hybridized carbons (Fsp3) is 0.400. The van der Waals surface area contributed by atoms with E-state index in [2.05, 4.69) is 18.8 Å². The van der Waals surface area contributed by atoms with Gasteiger partial charge in [-0.2, -0.15) is 0 Å². The van der Waals surface area contributed by atoms with Gasteiger partial charge in [-0.3, -0.25) is 4.79 Å². The smallest absolute Gasteiger partial charge is 0.337 e. The van der Waals surface area contributed by atoms with E-state index in [4.69, 9.17) is 9.47 Å². The van der Waals surface area contributed by atoms with Gasteiger partial charge in [-0.25, -0.2) is 4.79 Å². The normalized spacial score (nSPS) is 14.3. The molecule has 0 atom stereocenters. The van der Waals surface area contributed by atoms with E-state index in [9.17, 15) is 14.7 Å². The highest BCUT2D eigenvalue weighted by atomic mass is 16.5. The summed E-state index contributed by atoms with van der Waals surface area (Å²) in [5.41, 5.74) is 1.52. The van der Waals surface area contributed by atoms with Crippen LogP contribution in [-0.4, -0.2) is 30.7 Å². The molecule has 36 heavy (non-hydrogen) atoms. The number of amides is 1. The van der Waals surface area contributed by atoms with Gasteiger partial charge in [0.15, 0.2) is 11.5 Å². The van der Waals surface area contributed by atoms with Crippen LogP contribution in [0.1, 0.15) is 74.7 Å². The second-order valence-electron chi connectivity index (χ2n) is 9.32. The number of hydrogen-bond donors (Lipinski definition) is 2. The van der Waals surface area contributed by atoms with Gasteiger partial charge in [0.2, 0.25) is 5.91 Å². The number of nitrogens with one attached hydrogen (secondary N) is 1. The van der Waals surface area contributed by atoms with Gasteiger partial charge < -0.3 is 19.9 Å². The first-order chi connectivity index (χ1) is 17.3. The number of ether oxygens (including phenoxy) is 2. The summed E-state index contributed by atoms with van der Waals surface area (Å²) in [4.78, 5) is 23.5. The number of rotatable bonds is 10. The third kappa shape index (κ3) is 9.25. The van der Waals surface area contributed by atoms with E-state index >= 15 is 0 Å². The number of hydrogen-bond acceptors (Lipinski definition) is 4. The lowest BCUT2D eigenvalue weighted by Crippen LogP contribution is -2.20. The van der Waals surface area contributed by atoms with Gasteiger partial charge in [0, 0.05) is 6.08 Å². The van der Waals surface area contributed by atoms with Crippen LogP contribution in [0.3, 0.4) is 0 Å². The summed E-state index contributed by atoms with van der Waals surface area (Å²) in [6.07, 6.45) is 13.6. The largest absolute Gasteiger partial charge is 0.493 e. The molecule has 6 heteroatoms. The lowest BCUT2D eigenvalue weighted by molar-refractivity contribution is -0.111. The first-order valence-corrected chi connectivity index (χ1v) is 12.5. The molecule has 0 aliphatic heterocycles. The number of aromatic carboxylic acids is 1. The van der Waals surface area contributed by atoms with Crippen LogP contribution in [0, 0.1) is 5.41 Å². The van der Waals surface area contributed by atoms with Crippen LogP contribution >= 0.6 is 0 Å². The summed E-state index contributed by atoms with van der Waals surface area (Å²) in [5, 5.41) is 11.8. The SMILES string of the molecule is C=CC.COc1cc(/C=C/C(=O)Nc2ccccc2C(=O)O)ccc1OCCCC1(C)CCCCC1. The molecule has 3 rings (SSSR count). The Hall–Kier alpha value is -3.54. The molecule has 2 aromatic rings. The van der Waals surface area contributed by atoms with Gasteiger partial charge in [0.1, 0.15) is 0 Å². The molecule has 1 aliphatic rings. The Kier molecular flexibility index (Phi) is 11.8. The highest BCUT2D eigenvalue weighted by molar-refractivity contribution is 6.06. The predicted molar refractivity (Wildman–Crippen MR) is 146 cm³/mol. The fourth-order valence-electron chi connectivity index (χ4n) is 4.37. The second kappa shape index (κ2) is 14.8. The molecule has 2 aromatic carbocycles. The van der Waals surface area contributed by atoms with E-state index in [1.54, 1.807) is 37.5 Å². The maximum Gasteiger partial charge on any atom is 0.337 e. The van der Waals surface area contributed by atoms with Crippen LogP contribution in [0.15, 0.2) is 61.2 Å². The maximum absolute atomic E-state index is 12.3. The molecule has 1 saturated carbocycles. The number of carbonyl (C=O) groups is 2. The van der Waals surface area contributed by atoms with Crippen molar-refractivity contribution in [3.8, 4) is 11.5 Å². The summed E-state index contributed by atoms with van der Waals surface area (Å²) >= 11 is 0. The number of carboxylic acids is 1. The summed E-state index contributed by atoms with van der Waals surface area (Å²) in [5.74, 6) is -0.219. The average molecular weight is 494 g/mol. The van der Waals surface area contributed by atoms with Crippen molar-refractivity contribution in [2.45, 2.75) is 58.8 Å². The van der Waals surface area contributed by atoms with E-state index in [1.807, 2.05) is 25.1 Å². The molecule has 0 spiro atoms. The molecule has 6 nitrogen and oxygen atoms in total. The van der Waals surface area contributed by atoms with Gasteiger partial charge in [-0.15, -0.1) is 6.58 Å². The lowest BCUT2D eigenvalue weighted by Gasteiger charge is -2.33. The number of methoxy groups -OCH3 is 1. The first kappa shape index (κ1) is 28.7. The highest BCUT2D eigenvalue weighted by Gasteiger charge is 2.26. The summed E-state index contributed by atoms with van der Waals surface area (Å²) in [6, 6.07) is 11.8. The number of benzene rings is 2. The molecule has 0 saturated heterocycles. The van der Waals surface area contributed by atoms with Crippen molar-refractivity contribution in [3.05, 3.63) is 72.3 Å². The molecule has 0 unspecified atom stereocenters. The van der Waals surface area contributed by atoms with E-state index in [1.165, 1.54) is 50.7 Å². The molecule has 0 heterocycles. The van der Waals surface area contributed by atoms with Gasteiger partial charge in [0.25, 0.3) is 0 Å². The van der Waals surface area contributed by atoms with Crippen molar-refractivity contribution in [2.75, 3.05) is 19.0 Å². The van der Waals surface area contributed by atoms with Gasteiger partial charge in [0.05, 0.1) is 25.0 Å². The van der Waals surface area contributed by atoms with Gasteiger partial charge in [-0.1, -0.05) is 50.5 Å². The van der Waals surface area contributed by atoms with Gasteiger partial charge >= 0.3 is 5.97 Å². The third-order valence-corrected chi connectivity index (χ3v) is 6.27. The monoisotopic (exact) mass is 493 g/mol. The number of carbonyl (C=O) groups excluding carboxylic acids is 1. The third-order valence-electron chi connectivity index (χ3n) is 6.27. The average Bonchev–Trinajstić information content (AvgIpc) is 2.87. The van der Waals surface area contributed by atoms with E-state index in [-0.39, 0.29) is 11.3 Å². The van der Waals surface area contributed by atoms with Crippen molar-refractivity contribution >= 4 is 23.6 Å². The molecular formula is C30H39NO5. The van der Waals surface area contributed by atoms with Crippen molar-refractivity contribution in [2.24, 2.45) is 5.41 Å². The summed E-state index contributed by atoms with van der Waals surface area (Å²) < 4.78 is 11.4. The van der Waals surface area contributed by atoms with E-state index < -0.39 is 11.9 Å². The predicted octanol–water partition coefficient (Wildman–Crippen LogP) is 7.37. The topological polar surface area (TPSA) is 84.9 Å². The molecular weight excluding hydrogens is 454 g/mol. The minimum absolute atomic E-state index is 0.0416. The Bertz CT molecular complexity index is 1040. The van der Waals surface area contributed by atoms with Crippen LogP contribution in [0.2, 0.25) is 0 Å². The Morgan fingerprint density at radius 2 is 1.81 bits per heavy atom. The quantitative estimate of drug-likeness (QED) is 0.205. The van der Waals surface area contributed by atoms with Crippen molar-refractivity contribution in [3.63, 3.8) is 0 Å². The zero-order valence-corrected chi connectivity index (χ0v) is 21.7. The molecule has 0 radical (unpaired) electrons. The highest BCUT2D eigenvalue weighted by Crippen LogP contribution is 2.39. The van der Waals surface area contributed by atoms with E-state index in [0.29, 0.717) is 23.5 Å². The van der Waals surface area contributed by atoms with Crippen molar-refractivity contribution in [1.82, 2.24) is 0 Å². The molecule has 1 fully saturated rings. The zero-order chi connectivity index (χ0) is 26.4. The lowest BCUT2D eigenvalue weighted by atomic mass is 9.73. The molecule has 2 N–H and O–H groups in total. The molecule has 1 amide bonds. The van der Waals surface area contributed by atoms with Crippen molar-refractivity contribution in [1.29, 1.82) is 0 Å². The van der Waals surface area contributed by atoms with Crippen LogP contribution in [0.4, 0.5) is 5.69 Å². The Balaban J connectivity index is 0.00000145. The van der Waals surface area contributed by atoms with Crippen LogP contribution in [0.25, 0.3) is 6.08 Å². The van der Waals surface area contributed by atoms with Crippen molar-refractivity contribution < 1.29 is 24.2 Å². The zero-order valence-electron chi connectivity index (χ0n) is 21.7. The molecule has 1 aliphatic carbocycles. The minimum atomic E-state index is -1.09. The minimum Gasteiger partial charge on any atom is -0.493 e. The standard InChI is InChI=1S/C27H33NO5.C3H6/c1-27(15-6-3-7-16-27)17-8-18-33-23-13-11-20(19-24(23)32-2)12-14-25(29)28-22-10-5-4-9-21(22)26(30)31;1-3-2/h4-5,9-14,19H,3,6-8,15-18H2,1-2H3,(H,28,29)(H,30,31);3H,1H2,2H3/b14-12+;. The molecule has 0 aromatic heterocycles. The first-order valence-electron chi connectivity index (χ1n) is 12.5. The van der Waals surface area contributed by atoms with Crippen LogP contribution in [0.5, 0.6) is 11.5 Å².